The summed E-state index contributed by atoms with van der Waals surface area (Å²) in [6.07, 6.45) is 1.64. The molecule has 0 bridgehead atoms. The zero-order valence-electron chi connectivity index (χ0n) is 12.4. The minimum absolute atomic E-state index is 0.634. The molecule has 3 heteroatoms. The molecule has 0 aliphatic heterocycles. The first-order chi connectivity index (χ1) is 11.3. The Hall–Kier alpha value is -3.20. The number of hydrogen-bond donors (Lipinski definition) is 1. The Balaban J connectivity index is 0.000000220. The van der Waals surface area contributed by atoms with Gasteiger partial charge in [-0.05, 0) is 36.4 Å². The molecule has 4 aromatic rings. The van der Waals surface area contributed by atoms with Gasteiger partial charge in [-0.2, -0.15) is 0 Å². The van der Waals surface area contributed by atoms with Gasteiger partial charge in [0.1, 0.15) is 12.6 Å². The zero-order chi connectivity index (χ0) is 16.1. The lowest BCUT2D eigenvalue weighted by molar-refractivity contribution is 0.111. The molecule has 0 aliphatic rings. The normalized spacial score (nSPS) is 10.1. The van der Waals surface area contributed by atoms with Crippen molar-refractivity contribution in [1.29, 1.82) is 0 Å². The van der Waals surface area contributed by atoms with Crippen molar-refractivity contribution in [2.24, 2.45) is 0 Å². The quantitative estimate of drug-likeness (QED) is 0.549. The molecule has 3 nitrogen and oxygen atoms in total. The number of hydrogen-bond acceptors (Lipinski definition) is 2. The number of rotatable bonds is 2. The van der Waals surface area contributed by atoms with Gasteiger partial charge in [-0.1, -0.05) is 36.4 Å². The van der Waals surface area contributed by atoms with E-state index in [9.17, 15) is 9.59 Å². The van der Waals surface area contributed by atoms with Crippen LogP contribution in [0.4, 0.5) is 0 Å². The van der Waals surface area contributed by atoms with Crippen LogP contribution in [-0.2, 0) is 0 Å². The van der Waals surface area contributed by atoms with Crippen LogP contribution < -0.4 is 0 Å². The lowest BCUT2D eigenvalue weighted by atomic mass is 10.1. The molecular weight excluding hydrogens is 286 g/mol. The average molecular weight is 301 g/mol. The molecule has 1 aromatic heterocycles. The number of aldehydes is 2. The Kier molecular flexibility index (Phi) is 4.29. The lowest BCUT2D eigenvalue weighted by Gasteiger charge is -1.94. The molecule has 0 radical (unpaired) electrons. The molecule has 1 heterocycles. The molecule has 0 spiro atoms. The monoisotopic (exact) mass is 301 g/mol. The minimum atomic E-state index is 0.634. The van der Waals surface area contributed by atoms with Crippen molar-refractivity contribution in [2.75, 3.05) is 0 Å². The molecule has 4 rings (SSSR count). The summed E-state index contributed by atoms with van der Waals surface area (Å²) in [5.74, 6) is 0. The summed E-state index contributed by atoms with van der Waals surface area (Å²) in [5.41, 5.74) is 3.20. The van der Waals surface area contributed by atoms with E-state index in [1.54, 1.807) is 12.1 Å². The molecule has 0 aliphatic carbocycles. The summed E-state index contributed by atoms with van der Waals surface area (Å²) in [6, 6.07) is 22.9. The third kappa shape index (κ3) is 3.19. The van der Waals surface area contributed by atoms with Crippen LogP contribution in [0.1, 0.15) is 20.7 Å². The fraction of sp³-hybridized carbons (Fsp3) is 0. The van der Waals surface area contributed by atoms with Gasteiger partial charge in [0, 0.05) is 32.9 Å². The van der Waals surface area contributed by atoms with Crippen molar-refractivity contribution in [1.82, 2.24) is 4.98 Å². The van der Waals surface area contributed by atoms with Gasteiger partial charge in [0.05, 0.1) is 0 Å². The molecule has 3 aromatic carbocycles. The SMILES string of the molecule is O=Cc1ccc2[nH]c3ccc(C=O)cc3c2c1.c1ccccc1. The van der Waals surface area contributed by atoms with E-state index in [1.165, 1.54) is 0 Å². The second-order valence-electron chi connectivity index (χ2n) is 5.13. The fourth-order valence-corrected chi connectivity index (χ4v) is 2.46. The summed E-state index contributed by atoms with van der Waals surface area (Å²) < 4.78 is 0. The Morgan fingerprint density at radius 2 is 1.00 bits per heavy atom. The van der Waals surface area contributed by atoms with Crippen molar-refractivity contribution in [2.45, 2.75) is 0 Å². The molecular formula is C20H15NO2. The lowest BCUT2D eigenvalue weighted by Crippen LogP contribution is -1.79. The predicted octanol–water partition coefficient (Wildman–Crippen LogP) is 4.63. The van der Waals surface area contributed by atoms with Gasteiger partial charge >= 0.3 is 0 Å². The van der Waals surface area contributed by atoms with Gasteiger partial charge in [0.25, 0.3) is 0 Å². The van der Waals surface area contributed by atoms with Crippen LogP contribution in [0.2, 0.25) is 0 Å². The Bertz CT molecular complexity index is 866. The minimum Gasteiger partial charge on any atom is -0.355 e. The largest absolute Gasteiger partial charge is 0.355 e. The smallest absolute Gasteiger partial charge is 0.150 e. The summed E-state index contributed by atoms with van der Waals surface area (Å²) in [7, 11) is 0. The molecule has 0 atom stereocenters. The number of fused-ring (bicyclic) bond motifs is 3. The number of H-pyrrole nitrogens is 1. The highest BCUT2D eigenvalue weighted by Gasteiger charge is 2.05. The van der Waals surface area contributed by atoms with Crippen LogP contribution in [0, 0.1) is 0 Å². The molecule has 1 N–H and O–H groups in total. The van der Waals surface area contributed by atoms with Gasteiger partial charge in [-0.15, -0.1) is 0 Å². The molecule has 0 saturated heterocycles. The standard InChI is InChI=1S/C14H9NO2.C6H6/c16-7-9-1-3-13-11(5-9)12-6-10(8-17)2-4-14(12)15-13;1-2-4-6-5-3-1/h1-8,15H;1-6H. The first kappa shape index (κ1) is 14.7. The van der Waals surface area contributed by atoms with E-state index in [0.29, 0.717) is 11.1 Å². The molecule has 0 fully saturated rings. The summed E-state index contributed by atoms with van der Waals surface area (Å²) in [6.45, 7) is 0. The Labute approximate surface area is 133 Å². The fourth-order valence-electron chi connectivity index (χ4n) is 2.46. The van der Waals surface area contributed by atoms with Crippen molar-refractivity contribution in [3.63, 3.8) is 0 Å². The number of benzene rings is 3. The molecule has 112 valence electrons. The number of nitrogens with one attached hydrogen (secondary N) is 1. The first-order valence-electron chi connectivity index (χ1n) is 7.27. The van der Waals surface area contributed by atoms with Crippen LogP contribution in [0.25, 0.3) is 21.8 Å². The van der Waals surface area contributed by atoms with Gasteiger partial charge in [-0.25, -0.2) is 0 Å². The highest BCUT2D eigenvalue weighted by molar-refractivity contribution is 6.09. The number of carbonyl (C=O) groups is 2. The van der Waals surface area contributed by atoms with Crippen LogP contribution >= 0.6 is 0 Å². The molecule has 23 heavy (non-hydrogen) atoms. The van der Waals surface area contributed by atoms with Crippen molar-refractivity contribution < 1.29 is 9.59 Å². The first-order valence-corrected chi connectivity index (χ1v) is 7.27. The van der Waals surface area contributed by atoms with Crippen LogP contribution in [0.3, 0.4) is 0 Å². The average Bonchev–Trinajstić information content (AvgIpc) is 3.00. The maximum absolute atomic E-state index is 10.8. The predicted molar refractivity (Wildman–Crippen MR) is 93.0 cm³/mol. The summed E-state index contributed by atoms with van der Waals surface area (Å²) in [5, 5.41) is 1.93. The molecule has 0 amide bonds. The number of aromatic amines is 1. The van der Waals surface area contributed by atoms with E-state index >= 15 is 0 Å². The Morgan fingerprint density at radius 3 is 1.35 bits per heavy atom. The summed E-state index contributed by atoms with van der Waals surface area (Å²) in [4.78, 5) is 24.8. The van der Waals surface area contributed by atoms with E-state index in [2.05, 4.69) is 4.98 Å². The molecule has 0 unspecified atom stereocenters. The van der Waals surface area contributed by atoms with Gasteiger partial charge in [0.15, 0.2) is 0 Å². The maximum Gasteiger partial charge on any atom is 0.150 e. The zero-order valence-corrected chi connectivity index (χ0v) is 12.4. The van der Waals surface area contributed by atoms with Gasteiger partial charge < -0.3 is 4.98 Å². The van der Waals surface area contributed by atoms with E-state index in [-0.39, 0.29) is 0 Å². The third-order valence-corrected chi connectivity index (χ3v) is 3.59. The number of carbonyl (C=O) groups excluding carboxylic acids is 2. The van der Waals surface area contributed by atoms with E-state index in [0.717, 1.165) is 34.4 Å². The van der Waals surface area contributed by atoms with Crippen LogP contribution in [-0.4, -0.2) is 17.6 Å². The molecule has 0 saturated carbocycles. The number of aromatic nitrogens is 1. The third-order valence-electron chi connectivity index (χ3n) is 3.59. The van der Waals surface area contributed by atoms with Crippen LogP contribution in [0.5, 0.6) is 0 Å². The second-order valence-corrected chi connectivity index (χ2v) is 5.13. The highest BCUT2D eigenvalue weighted by Crippen LogP contribution is 2.26. The Morgan fingerprint density at radius 1 is 0.609 bits per heavy atom. The highest BCUT2D eigenvalue weighted by atomic mass is 16.1. The van der Waals surface area contributed by atoms with Gasteiger partial charge in [-0.3, -0.25) is 9.59 Å². The topological polar surface area (TPSA) is 49.9 Å². The second kappa shape index (κ2) is 6.71. The van der Waals surface area contributed by atoms with Crippen LogP contribution in [0.15, 0.2) is 72.8 Å². The summed E-state index contributed by atoms with van der Waals surface area (Å²) >= 11 is 0. The van der Waals surface area contributed by atoms with Crippen molar-refractivity contribution in [3.8, 4) is 0 Å². The van der Waals surface area contributed by atoms with E-state index in [1.807, 2.05) is 60.7 Å². The maximum atomic E-state index is 10.8. The van der Waals surface area contributed by atoms with E-state index in [4.69, 9.17) is 0 Å². The van der Waals surface area contributed by atoms with Crippen molar-refractivity contribution in [3.05, 3.63) is 83.9 Å². The van der Waals surface area contributed by atoms with Crippen molar-refractivity contribution >= 4 is 34.4 Å². The van der Waals surface area contributed by atoms with Gasteiger partial charge in [0.2, 0.25) is 0 Å². The van der Waals surface area contributed by atoms with E-state index < -0.39 is 0 Å².